The third-order valence-corrected chi connectivity index (χ3v) is 2.02. The third kappa shape index (κ3) is 2.03. The van der Waals surface area contributed by atoms with Crippen LogP contribution in [0, 0.1) is 5.82 Å². The van der Waals surface area contributed by atoms with E-state index in [0.717, 1.165) is 0 Å². The molecule has 0 amide bonds. The molecule has 0 fully saturated rings. The fraction of sp³-hybridized carbons (Fsp3) is 0.0909. The van der Waals surface area contributed by atoms with Crippen LogP contribution in [0.5, 0.6) is 5.75 Å². The summed E-state index contributed by atoms with van der Waals surface area (Å²) in [4.78, 5) is 0. The predicted molar refractivity (Wildman–Crippen MR) is 50.5 cm³/mol. The molecular weight excluding hydrogens is 205 g/mol. The van der Waals surface area contributed by atoms with Gasteiger partial charge in [0.05, 0.1) is 0 Å². The van der Waals surface area contributed by atoms with Crippen molar-refractivity contribution in [3.8, 4) is 5.75 Å². The zero-order valence-electron chi connectivity index (χ0n) is 7.58. The van der Waals surface area contributed by atoms with Crippen molar-refractivity contribution in [1.82, 2.24) is 0 Å². The van der Waals surface area contributed by atoms with Crippen LogP contribution in [0.25, 0.3) is 10.8 Å². The van der Waals surface area contributed by atoms with Gasteiger partial charge in [-0.2, -0.15) is 8.78 Å². The fourth-order valence-corrected chi connectivity index (χ4v) is 1.40. The summed E-state index contributed by atoms with van der Waals surface area (Å²) < 4.78 is 41.2. The van der Waals surface area contributed by atoms with E-state index >= 15 is 0 Å². The second-order valence-electron chi connectivity index (χ2n) is 3.00. The van der Waals surface area contributed by atoms with Gasteiger partial charge in [0.1, 0.15) is 11.6 Å². The molecule has 0 aliphatic carbocycles. The molecule has 0 radical (unpaired) electrons. The molecule has 0 atom stereocenters. The van der Waals surface area contributed by atoms with Crippen LogP contribution >= 0.6 is 0 Å². The Bertz CT molecular complexity index is 482. The maximum Gasteiger partial charge on any atom is 0.387 e. The van der Waals surface area contributed by atoms with Crippen LogP contribution in [0.15, 0.2) is 36.4 Å². The Kier molecular flexibility index (Phi) is 2.49. The summed E-state index contributed by atoms with van der Waals surface area (Å²) in [5.41, 5.74) is 0. The number of benzene rings is 2. The van der Waals surface area contributed by atoms with Gasteiger partial charge in [-0.15, -0.1) is 0 Å². The molecule has 0 spiro atoms. The lowest BCUT2D eigenvalue weighted by Gasteiger charge is -2.05. The first-order valence-electron chi connectivity index (χ1n) is 4.30. The maximum absolute atomic E-state index is 13.2. The molecule has 0 aliphatic heterocycles. The first-order chi connectivity index (χ1) is 7.16. The van der Waals surface area contributed by atoms with Gasteiger partial charge in [0.25, 0.3) is 0 Å². The van der Waals surface area contributed by atoms with Crippen molar-refractivity contribution < 1.29 is 17.9 Å². The highest BCUT2D eigenvalue weighted by molar-refractivity contribution is 5.84. The Morgan fingerprint density at radius 3 is 2.60 bits per heavy atom. The van der Waals surface area contributed by atoms with E-state index in [2.05, 4.69) is 4.74 Å². The van der Waals surface area contributed by atoms with Crippen molar-refractivity contribution in [1.29, 1.82) is 0 Å². The highest BCUT2D eigenvalue weighted by Crippen LogP contribution is 2.23. The lowest BCUT2D eigenvalue weighted by molar-refractivity contribution is -0.0497. The SMILES string of the molecule is Fc1cccc2cc(OC(F)F)ccc12. The number of halogens is 3. The lowest BCUT2D eigenvalue weighted by Crippen LogP contribution is -2.01. The van der Waals surface area contributed by atoms with Crippen LogP contribution in [-0.2, 0) is 0 Å². The Morgan fingerprint density at radius 2 is 1.87 bits per heavy atom. The lowest BCUT2D eigenvalue weighted by atomic mass is 10.1. The Balaban J connectivity index is 2.48. The molecule has 2 aromatic carbocycles. The number of ether oxygens (including phenoxy) is 1. The first kappa shape index (κ1) is 9.83. The molecule has 0 heterocycles. The Labute approximate surface area is 84.1 Å². The standard InChI is InChI=1S/C11H7F3O/c12-10-3-1-2-7-6-8(15-11(13)14)4-5-9(7)10/h1-6,11H. The third-order valence-electron chi connectivity index (χ3n) is 2.02. The summed E-state index contributed by atoms with van der Waals surface area (Å²) in [7, 11) is 0. The van der Waals surface area contributed by atoms with E-state index in [1.807, 2.05) is 0 Å². The van der Waals surface area contributed by atoms with Gasteiger partial charge in [-0.05, 0) is 29.7 Å². The molecule has 2 aromatic rings. The minimum atomic E-state index is -2.86. The fourth-order valence-electron chi connectivity index (χ4n) is 1.40. The van der Waals surface area contributed by atoms with Gasteiger partial charge in [-0.1, -0.05) is 12.1 Å². The van der Waals surface area contributed by atoms with Gasteiger partial charge in [-0.25, -0.2) is 4.39 Å². The molecule has 4 heteroatoms. The van der Waals surface area contributed by atoms with Crippen LogP contribution in [0.4, 0.5) is 13.2 Å². The maximum atomic E-state index is 13.2. The average molecular weight is 212 g/mol. The monoisotopic (exact) mass is 212 g/mol. The van der Waals surface area contributed by atoms with Crippen molar-refractivity contribution in [2.75, 3.05) is 0 Å². The van der Waals surface area contributed by atoms with E-state index in [1.165, 1.54) is 30.3 Å². The van der Waals surface area contributed by atoms with E-state index in [4.69, 9.17) is 0 Å². The molecule has 0 aliphatic rings. The average Bonchev–Trinajstić information content (AvgIpc) is 2.17. The van der Waals surface area contributed by atoms with Crippen molar-refractivity contribution in [3.63, 3.8) is 0 Å². The van der Waals surface area contributed by atoms with Crippen LogP contribution in [0.2, 0.25) is 0 Å². The summed E-state index contributed by atoms with van der Waals surface area (Å²) in [6, 6.07) is 8.58. The summed E-state index contributed by atoms with van der Waals surface area (Å²) >= 11 is 0. The van der Waals surface area contributed by atoms with E-state index in [0.29, 0.717) is 10.8 Å². The highest BCUT2D eigenvalue weighted by Gasteiger charge is 2.06. The second kappa shape index (κ2) is 3.81. The Hall–Kier alpha value is -1.71. The Morgan fingerprint density at radius 1 is 1.07 bits per heavy atom. The van der Waals surface area contributed by atoms with Crippen LogP contribution < -0.4 is 4.74 Å². The number of alkyl halides is 2. The molecule has 0 unspecified atom stereocenters. The number of fused-ring (bicyclic) bond motifs is 1. The molecule has 0 saturated heterocycles. The molecular formula is C11H7F3O. The van der Waals surface area contributed by atoms with Crippen molar-refractivity contribution in [3.05, 3.63) is 42.2 Å². The molecule has 0 bridgehead atoms. The number of hydrogen-bond acceptors (Lipinski definition) is 1. The topological polar surface area (TPSA) is 9.23 Å². The summed E-state index contributed by atoms with van der Waals surface area (Å²) in [5, 5.41) is 0.923. The first-order valence-corrected chi connectivity index (χ1v) is 4.30. The molecule has 15 heavy (non-hydrogen) atoms. The van der Waals surface area contributed by atoms with E-state index in [1.54, 1.807) is 6.07 Å². The van der Waals surface area contributed by atoms with Gasteiger partial charge < -0.3 is 4.74 Å². The summed E-state index contributed by atoms with van der Waals surface area (Å²) in [5.74, 6) is -0.348. The summed E-state index contributed by atoms with van der Waals surface area (Å²) in [6.45, 7) is -2.86. The number of rotatable bonds is 2. The van der Waals surface area contributed by atoms with Gasteiger partial charge in [0.15, 0.2) is 0 Å². The minimum absolute atomic E-state index is 0.0306. The van der Waals surface area contributed by atoms with E-state index in [-0.39, 0.29) is 11.6 Å². The van der Waals surface area contributed by atoms with Crippen molar-refractivity contribution in [2.24, 2.45) is 0 Å². The summed E-state index contributed by atoms with van der Waals surface area (Å²) in [6.07, 6.45) is 0. The molecule has 1 nitrogen and oxygen atoms in total. The van der Waals surface area contributed by atoms with Gasteiger partial charge in [0, 0.05) is 5.39 Å². The zero-order chi connectivity index (χ0) is 10.8. The van der Waals surface area contributed by atoms with Gasteiger partial charge in [0.2, 0.25) is 0 Å². The predicted octanol–water partition coefficient (Wildman–Crippen LogP) is 3.58. The van der Waals surface area contributed by atoms with E-state index < -0.39 is 6.61 Å². The van der Waals surface area contributed by atoms with Gasteiger partial charge in [-0.3, -0.25) is 0 Å². The quantitative estimate of drug-likeness (QED) is 0.739. The van der Waals surface area contributed by atoms with Crippen LogP contribution in [0.3, 0.4) is 0 Å². The molecule has 78 valence electrons. The zero-order valence-corrected chi connectivity index (χ0v) is 7.58. The molecule has 0 aromatic heterocycles. The smallest absolute Gasteiger partial charge is 0.387 e. The molecule has 0 N–H and O–H groups in total. The van der Waals surface area contributed by atoms with Crippen LogP contribution in [-0.4, -0.2) is 6.61 Å². The number of hydrogen-bond donors (Lipinski definition) is 0. The highest BCUT2D eigenvalue weighted by atomic mass is 19.3. The van der Waals surface area contributed by atoms with Crippen molar-refractivity contribution in [2.45, 2.75) is 6.61 Å². The van der Waals surface area contributed by atoms with Crippen molar-refractivity contribution >= 4 is 10.8 Å². The van der Waals surface area contributed by atoms with Gasteiger partial charge >= 0.3 is 6.61 Å². The molecule has 2 rings (SSSR count). The largest absolute Gasteiger partial charge is 0.435 e. The minimum Gasteiger partial charge on any atom is -0.435 e. The normalized spacial score (nSPS) is 10.9. The molecule has 0 saturated carbocycles. The van der Waals surface area contributed by atoms with Crippen LogP contribution in [0.1, 0.15) is 0 Å². The van der Waals surface area contributed by atoms with E-state index in [9.17, 15) is 13.2 Å². The second-order valence-corrected chi connectivity index (χ2v) is 3.00.